The largest absolute Gasteiger partial charge is 0.497 e. The average molecular weight is 388 g/mol. The molecule has 1 heterocycles. The predicted molar refractivity (Wildman–Crippen MR) is 117 cm³/mol. The first-order valence-electron chi connectivity index (χ1n) is 10.1. The van der Waals surface area contributed by atoms with Crippen molar-refractivity contribution in [1.82, 2.24) is 9.47 Å². The van der Waals surface area contributed by atoms with Crippen LogP contribution in [0.3, 0.4) is 0 Å². The van der Waals surface area contributed by atoms with E-state index in [4.69, 9.17) is 4.74 Å². The number of hydrogen-bond acceptors (Lipinski definition) is 3. The Morgan fingerprint density at radius 3 is 2.55 bits per heavy atom. The Bertz CT molecular complexity index is 968. The van der Waals surface area contributed by atoms with Crippen molar-refractivity contribution < 1.29 is 4.74 Å². The number of rotatable bonds is 9. The van der Waals surface area contributed by atoms with Crippen molar-refractivity contribution in [2.24, 2.45) is 5.92 Å². The normalized spacial score (nSPS) is 11.0. The highest BCUT2D eigenvalue weighted by molar-refractivity contribution is 5.33. The van der Waals surface area contributed by atoms with Crippen LogP contribution in [0.25, 0.3) is 0 Å². The van der Waals surface area contributed by atoms with E-state index in [0.717, 1.165) is 31.9 Å². The molecule has 29 heavy (non-hydrogen) atoms. The second kappa shape index (κ2) is 9.95. The third-order valence-electron chi connectivity index (χ3n) is 4.88. The molecule has 3 rings (SSSR count). The molecule has 0 N–H and O–H groups in total. The third-order valence-corrected chi connectivity index (χ3v) is 4.88. The van der Waals surface area contributed by atoms with Crippen LogP contribution in [0.4, 0.5) is 0 Å². The van der Waals surface area contributed by atoms with Gasteiger partial charge in [0.1, 0.15) is 5.75 Å². The Balaban J connectivity index is 1.76. The van der Waals surface area contributed by atoms with Gasteiger partial charge in [0.25, 0.3) is 0 Å². The Hall–Kier alpha value is -3.03. The van der Waals surface area contributed by atoms with E-state index in [1.54, 1.807) is 7.11 Å². The van der Waals surface area contributed by atoms with Gasteiger partial charge < -0.3 is 9.30 Å². The number of ether oxygens (including phenoxy) is 1. The molecule has 0 bridgehead atoms. The highest BCUT2D eigenvalue weighted by Crippen LogP contribution is 2.17. The maximum Gasteiger partial charge on any atom is 0.119 e. The molecule has 1 aromatic heterocycles. The van der Waals surface area contributed by atoms with Gasteiger partial charge in [-0.2, -0.15) is 5.26 Å². The first-order chi connectivity index (χ1) is 14.1. The molecule has 0 aliphatic carbocycles. The number of benzene rings is 2. The molecule has 0 aliphatic heterocycles. The van der Waals surface area contributed by atoms with Crippen LogP contribution >= 0.6 is 0 Å². The minimum Gasteiger partial charge on any atom is -0.497 e. The molecule has 0 unspecified atom stereocenters. The zero-order chi connectivity index (χ0) is 20.6. The third kappa shape index (κ3) is 5.97. The van der Waals surface area contributed by atoms with E-state index in [1.807, 2.05) is 30.3 Å². The molecule has 2 aromatic carbocycles. The Labute approximate surface area is 174 Å². The van der Waals surface area contributed by atoms with Crippen LogP contribution in [-0.4, -0.2) is 23.1 Å². The molecule has 0 atom stereocenters. The Morgan fingerprint density at radius 1 is 1.00 bits per heavy atom. The minimum absolute atomic E-state index is 0.566. The van der Waals surface area contributed by atoms with Crippen molar-refractivity contribution >= 4 is 0 Å². The summed E-state index contributed by atoms with van der Waals surface area (Å²) in [6.45, 7) is 8.01. The molecule has 0 amide bonds. The molecular weight excluding hydrogens is 358 g/mol. The molecule has 0 saturated carbocycles. The van der Waals surface area contributed by atoms with Crippen LogP contribution in [0, 0.1) is 17.2 Å². The SMILES string of the molecule is COc1cccc(Cn2cccc2CN(Cc2cccc(C#N)c2)CC(C)C)c1. The second-order valence-electron chi connectivity index (χ2n) is 7.85. The molecule has 0 radical (unpaired) electrons. The Morgan fingerprint density at radius 2 is 1.79 bits per heavy atom. The highest BCUT2D eigenvalue weighted by atomic mass is 16.5. The zero-order valence-corrected chi connectivity index (χ0v) is 17.5. The van der Waals surface area contributed by atoms with Crippen molar-refractivity contribution in [2.75, 3.05) is 13.7 Å². The quantitative estimate of drug-likeness (QED) is 0.514. The minimum atomic E-state index is 0.566. The van der Waals surface area contributed by atoms with Gasteiger partial charge in [0.2, 0.25) is 0 Å². The van der Waals surface area contributed by atoms with E-state index < -0.39 is 0 Å². The van der Waals surface area contributed by atoms with Crippen molar-refractivity contribution in [3.8, 4) is 11.8 Å². The number of aromatic nitrogens is 1. The maximum absolute atomic E-state index is 9.19. The van der Waals surface area contributed by atoms with Crippen molar-refractivity contribution in [3.05, 3.63) is 89.2 Å². The zero-order valence-electron chi connectivity index (χ0n) is 17.5. The number of hydrogen-bond donors (Lipinski definition) is 0. The van der Waals surface area contributed by atoms with E-state index in [0.29, 0.717) is 11.5 Å². The summed E-state index contributed by atoms with van der Waals surface area (Å²) in [6, 6.07) is 22.7. The fraction of sp³-hybridized carbons (Fsp3) is 0.320. The fourth-order valence-corrected chi connectivity index (χ4v) is 3.64. The van der Waals surface area contributed by atoms with Gasteiger partial charge >= 0.3 is 0 Å². The van der Waals surface area contributed by atoms with Crippen LogP contribution in [0.5, 0.6) is 5.75 Å². The first-order valence-corrected chi connectivity index (χ1v) is 10.1. The lowest BCUT2D eigenvalue weighted by Crippen LogP contribution is -2.28. The van der Waals surface area contributed by atoms with Gasteiger partial charge in [0.05, 0.1) is 18.7 Å². The summed E-state index contributed by atoms with van der Waals surface area (Å²) in [4.78, 5) is 2.46. The van der Waals surface area contributed by atoms with Crippen molar-refractivity contribution in [2.45, 2.75) is 33.5 Å². The Kier molecular flexibility index (Phi) is 7.10. The first kappa shape index (κ1) is 20.7. The van der Waals surface area contributed by atoms with Gasteiger partial charge in [0, 0.05) is 38.1 Å². The molecule has 0 aliphatic rings. The van der Waals surface area contributed by atoms with Crippen LogP contribution in [0.15, 0.2) is 66.9 Å². The number of nitriles is 1. The van der Waals surface area contributed by atoms with Gasteiger partial charge in [-0.05, 0) is 53.4 Å². The summed E-state index contributed by atoms with van der Waals surface area (Å²) in [5.74, 6) is 1.45. The van der Waals surface area contributed by atoms with Gasteiger partial charge in [-0.1, -0.05) is 38.1 Å². The summed E-state index contributed by atoms with van der Waals surface area (Å²) in [5, 5.41) is 9.19. The topological polar surface area (TPSA) is 41.2 Å². The van der Waals surface area contributed by atoms with Gasteiger partial charge in [0.15, 0.2) is 0 Å². The smallest absolute Gasteiger partial charge is 0.119 e. The summed E-state index contributed by atoms with van der Waals surface area (Å²) in [7, 11) is 1.70. The second-order valence-corrected chi connectivity index (χ2v) is 7.85. The number of methoxy groups -OCH3 is 1. The van der Waals surface area contributed by atoms with Crippen molar-refractivity contribution in [1.29, 1.82) is 5.26 Å². The lowest BCUT2D eigenvalue weighted by Gasteiger charge is -2.25. The molecule has 150 valence electrons. The molecule has 0 fully saturated rings. The van der Waals surface area contributed by atoms with Crippen LogP contribution in [0.1, 0.15) is 36.2 Å². The van der Waals surface area contributed by atoms with Crippen LogP contribution in [0.2, 0.25) is 0 Å². The molecule has 0 spiro atoms. The summed E-state index contributed by atoms with van der Waals surface area (Å²) in [5.41, 5.74) is 4.40. The number of nitrogens with zero attached hydrogens (tertiary/aromatic N) is 3. The summed E-state index contributed by atoms with van der Waals surface area (Å²) < 4.78 is 7.66. The maximum atomic E-state index is 9.19. The van der Waals surface area contributed by atoms with Crippen molar-refractivity contribution in [3.63, 3.8) is 0 Å². The van der Waals surface area contributed by atoms with E-state index in [2.05, 4.69) is 65.9 Å². The van der Waals surface area contributed by atoms with E-state index in [-0.39, 0.29) is 0 Å². The lowest BCUT2D eigenvalue weighted by molar-refractivity contribution is 0.222. The van der Waals surface area contributed by atoms with E-state index in [9.17, 15) is 5.26 Å². The molecular formula is C25H29N3O. The lowest BCUT2D eigenvalue weighted by atomic mass is 10.1. The van der Waals surface area contributed by atoms with Gasteiger partial charge in [-0.25, -0.2) is 0 Å². The average Bonchev–Trinajstić information content (AvgIpc) is 3.14. The van der Waals surface area contributed by atoms with Gasteiger partial charge in [-0.3, -0.25) is 4.90 Å². The monoisotopic (exact) mass is 387 g/mol. The summed E-state index contributed by atoms with van der Waals surface area (Å²) in [6.07, 6.45) is 2.14. The predicted octanol–water partition coefficient (Wildman–Crippen LogP) is 5.07. The van der Waals surface area contributed by atoms with E-state index in [1.165, 1.54) is 16.8 Å². The standard InChI is InChI=1S/C25H29N3O/c1-20(2)16-27(17-22-8-4-7-21(13-22)15-26)19-24-10-6-12-28(24)18-23-9-5-11-25(14-23)29-3/h4-14,20H,16-19H2,1-3H3. The highest BCUT2D eigenvalue weighted by Gasteiger charge is 2.12. The molecule has 4 heteroatoms. The summed E-state index contributed by atoms with van der Waals surface area (Å²) >= 11 is 0. The van der Waals surface area contributed by atoms with Crippen LogP contribution < -0.4 is 4.74 Å². The molecule has 0 saturated heterocycles. The van der Waals surface area contributed by atoms with Gasteiger partial charge in [-0.15, -0.1) is 0 Å². The van der Waals surface area contributed by atoms with Crippen LogP contribution in [-0.2, 0) is 19.6 Å². The fourth-order valence-electron chi connectivity index (χ4n) is 3.64. The van der Waals surface area contributed by atoms with E-state index >= 15 is 0 Å². The molecule has 3 aromatic rings. The molecule has 4 nitrogen and oxygen atoms in total.